The predicted octanol–water partition coefficient (Wildman–Crippen LogP) is 0.0298. The Balaban J connectivity index is -0.000000346. The van der Waals surface area contributed by atoms with Crippen molar-refractivity contribution in [3.05, 3.63) is 0 Å². The third kappa shape index (κ3) is 9.60. The molecule has 2 heterocycles. The van der Waals surface area contributed by atoms with Crippen LogP contribution in [0.2, 0.25) is 0 Å². The normalized spacial score (nSPS) is 20.6. The van der Waals surface area contributed by atoms with E-state index in [9.17, 15) is 0 Å². The zero-order chi connectivity index (χ0) is 16.9. The molecule has 148 valence electrons. The monoisotopic (exact) mass is 378 g/mol. The molecule has 0 fully saturated rings. The number of aliphatic imine (C=N–C) groups is 4. The highest BCUT2D eigenvalue weighted by atomic mass is 35.5. The van der Waals surface area contributed by atoms with E-state index in [4.69, 9.17) is 11.5 Å². The molecule has 0 spiro atoms. The molecule has 0 radical (unpaired) electrons. The standard InChI is InChI=1S/2C6H13N5.2CH4.ClH/c2*1-4-8-5(7)10-6(9-4)11(2)3;;;/h2*4H,1-3H3,(H3,7,8,9,10);2*1H4;1H/t2*4-;;;/m11.../s1. The van der Waals surface area contributed by atoms with Crippen molar-refractivity contribution in [2.24, 2.45) is 31.4 Å². The third-order valence-corrected chi connectivity index (χ3v) is 2.60. The molecule has 0 aliphatic carbocycles. The van der Waals surface area contributed by atoms with E-state index in [0.717, 1.165) is 11.9 Å². The molecule has 0 saturated carbocycles. The van der Waals surface area contributed by atoms with Crippen molar-refractivity contribution >= 4 is 36.2 Å². The van der Waals surface area contributed by atoms with Crippen LogP contribution in [0, 0.1) is 0 Å². The lowest BCUT2D eigenvalue weighted by Gasteiger charge is -2.21. The fraction of sp³-hybridized carbons (Fsp3) is 0.714. The lowest BCUT2D eigenvalue weighted by atomic mass is 10.5. The molecule has 11 heteroatoms. The predicted molar refractivity (Wildman–Crippen MR) is 111 cm³/mol. The number of guanidine groups is 4. The van der Waals surface area contributed by atoms with E-state index in [2.05, 4.69) is 30.6 Å². The SMILES string of the molecule is C.C.C[C@@H]1N=C(N)NC(N(C)C)=N1.C[C@@H]1N=C(N)NC(N(C)C)=N1.Cl. The summed E-state index contributed by atoms with van der Waals surface area (Å²) in [7, 11) is 7.60. The molecule has 2 aliphatic heterocycles. The summed E-state index contributed by atoms with van der Waals surface area (Å²) < 4.78 is 0. The first kappa shape index (κ1) is 27.6. The highest BCUT2D eigenvalue weighted by Gasteiger charge is 2.12. The number of nitrogens with one attached hydrogen (secondary N) is 2. The van der Waals surface area contributed by atoms with Gasteiger partial charge >= 0.3 is 0 Å². The second-order valence-corrected chi connectivity index (χ2v) is 5.24. The van der Waals surface area contributed by atoms with Crippen LogP contribution >= 0.6 is 12.4 Å². The van der Waals surface area contributed by atoms with Crippen LogP contribution in [0.5, 0.6) is 0 Å². The van der Waals surface area contributed by atoms with Crippen molar-refractivity contribution in [3.63, 3.8) is 0 Å². The van der Waals surface area contributed by atoms with E-state index in [0.29, 0.717) is 11.9 Å². The fourth-order valence-electron chi connectivity index (χ4n) is 1.63. The van der Waals surface area contributed by atoms with Gasteiger partial charge in [-0.3, -0.25) is 10.6 Å². The Bertz CT molecular complexity index is 464. The maximum atomic E-state index is 5.48. The van der Waals surface area contributed by atoms with Crippen LogP contribution in [-0.4, -0.2) is 74.2 Å². The van der Waals surface area contributed by atoms with E-state index in [-0.39, 0.29) is 39.6 Å². The smallest absolute Gasteiger partial charge is 0.202 e. The van der Waals surface area contributed by atoms with Crippen LogP contribution in [0.3, 0.4) is 0 Å². The molecule has 10 nitrogen and oxygen atoms in total. The minimum absolute atomic E-state index is 0. The number of halogens is 1. The van der Waals surface area contributed by atoms with Crippen molar-refractivity contribution in [2.75, 3.05) is 28.2 Å². The van der Waals surface area contributed by atoms with Gasteiger partial charge in [-0.25, -0.2) is 20.0 Å². The average Bonchev–Trinajstić information content (AvgIpc) is 2.37. The zero-order valence-electron chi connectivity index (χ0n) is 14.4. The van der Waals surface area contributed by atoms with Gasteiger partial charge in [0.1, 0.15) is 12.3 Å². The molecular formula is C14H35ClN10. The first-order valence-corrected chi connectivity index (χ1v) is 6.90. The van der Waals surface area contributed by atoms with Crippen LogP contribution < -0.4 is 22.1 Å². The number of hydrogen-bond acceptors (Lipinski definition) is 10. The lowest BCUT2D eigenvalue weighted by molar-refractivity contribution is 0.581. The van der Waals surface area contributed by atoms with Gasteiger partial charge in [-0.2, -0.15) is 0 Å². The van der Waals surface area contributed by atoms with Gasteiger partial charge in [0.05, 0.1) is 0 Å². The third-order valence-electron chi connectivity index (χ3n) is 2.60. The van der Waals surface area contributed by atoms with Gasteiger partial charge in [0.25, 0.3) is 0 Å². The maximum absolute atomic E-state index is 5.48. The van der Waals surface area contributed by atoms with Gasteiger partial charge in [0, 0.05) is 28.2 Å². The zero-order valence-corrected chi connectivity index (χ0v) is 15.2. The quantitative estimate of drug-likeness (QED) is 0.470. The Morgan fingerprint density at radius 2 is 1.00 bits per heavy atom. The van der Waals surface area contributed by atoms with Crippen molar-refractivity contribution in [1.29, 1.82) is 0 Å². The Morgan fingerprint density at radius 3 is 1.20 bits per heavy atom. The van der Waals surface area contributed by atoms with E-state index >= 15 is 0 Å². The summed E-state index contributed by atoms with van der Waals surface area (Å²) in [5.41, 5.74) is 11.0. The maximum Gasteiger partial charge on any atom is 0.202 e. The summed E-state index contributed by atoms with van der Waals surface area (Å²) in [5.74, 6) is 2.36. The molecule has 0 amide bonds. The van der Waals surface area contributed by atoms with Gasteiger partial charge < -0.3 is 21.3 Å². The summed E-state index contributed by atoms with van der Waals surface area (Å²) in [6, 6.07) is 0. The highest BCUT2D eigenvalue weighted by Crippen LogP contribution is 1.98. The van der Waals surface area contributed by atoms with Crippen molar-refractivity contribution in [3.8, 4) is 0 Å². The van der Waals surface area contributed by atoms with Crippen LogP contribution in [0.4, 0.5) is 0 Å². The van der Waals surface area contributed by atoms with E-state index in [1.807, 2.05) is 51.8 Å². The van der Waals surface area contributed by atoms with Crippen LogP contribution in [0.1, 0.15) is 28.7 Å². The number of nitrogens with zero attached hydrogens (tertiary/aromatic N) is 6. The summed E-state index contributed by atoms with van der Waals surface area (Å²) in [4.78, 5) is 20.1. The molecular weight excluding hydrogens is 344 g/mol. The van der Waals surface area contributed by atoms with Crippen molar-refractivity contribution in [2.45, 2.75) is 41.0 Å². The Hall–Kier alpha value is -2.23. The summed E-state index contributed by atoms with van der Waals surface area (Å²) in [6.07, 6.45) is -0.151. The minimum Gasteiger partial charge on any atom is -0.370 e. The molecule has 0 bridgehead atoms. The first-order valence-electron chi connectivity index (χ1n) is 6.90. The van der Waals surface area contributed by atoms with Gasteiger partial charge in [-0.15, -0.1) is 12.4 Å². The molecule has 0 saturated heterocycles. The van der Waals surface area contributed by atoms with E-state index in [1.54, 1.807) is 0 Å². The van der Waals surface area contributed by atoms with E-state index in [1.165, 1.54) is 0 Å². The topological polar surface area (TPSA) is 132 Å². The molecule has 0 aromatic heterocycles. The summed E-state index contributed by atoms with van der Waals surface area (Å²) in [6.45, 7) is 3.77. The molecule has 2 atom stereocenters. The second-order valence-electron chi connectivity index (χ2n) is 5.24. The highest BCUT2D eigenvalue weighted by molar-refractivity contribution is 5.99. The largest absolute Gasteiger partial charge is 0.370 e. The van der Waals surface area contributed by atoms with Crippen LogP contribution in [0.25, 0.3) is 0 Å². The average molecular weight is 379 g/mol. The fourth-order valence-corrected chi connectivity index (χ4v) is 1.63. The number of nitrogens with two attached hydrogens (primary N) is 2. The molecule has 25 heavy (non-hydrogen) atoms. The molecule has 2 aliphatic rings. The van der Waals surface area contributed by atoms with Gasteiger partial charge in [0.15, 0.2) is 11.9 Å². The van der Waals surface area contributed by atoms with Gasteiger partial charge in [-0.05, 0) is 13.8 Å². The van der Waals surface area contributed by atoms with Crippen molar-refractivity contribution < 1.29 is 0 Å². The second kappa shape index (κ2) is 12.2. The number of hydrogen-bond donors (Lipinski definition) is 4. The molecule has 0 aromatic carbocycles. The van der Waals surface area contributed by atoms with Crippen LogP contribution in [0.15, 0.2) is 20.0 Å². The van der Waals surface area contributed by atoms with Gasteiger partial charge in [0.2, 0.25) is 11.9 Å². The van der Waals surface area contributed by atoms with E-state index < -0.39 is 0 Å². The molecule has 0 aromatic rings. The molecule has 2 rings (SSSR count). The Labute approximate surface area is 158 Å². The van der Waals surface area contributed by atoms with Crippen molar-refractivity contribution in [1.82, 2.24) is 20.4 Å². The number of rotatable bonds is 0. The van der Waals surface area contributed by atoms with Gasteiger partial charge in [-0.1, -0.05) is 14.9 Å². The summed E-state index contributed by atoms with van der Waals surface area (Å²) in [5, 5.41) is 5.70. The minimum atomic E-state index is -0.0753. The lowest BCUT2D eigenvalue weighted by Crippen LogP contribution is -2.47. The molecule has 0 unspecified atom stereocenters. The Kier molecular flexibility index (Phi) is 13.4. The molecule has 6 N–H and O–H groups in total. The Morgan fingerprint density at radius 1 is 0.720 bits per heavy atom. The van der Waals surface area contributed by atoms with Crippen LogP contribution in [-0.2, 0) is 0 Å². The summed E-state index contributed by atoms with van der Waals surface area (Å²) >= 11 is 0. The first-order chi connectivity index (χ1) is 10.2.